The van der Waals surface area contributed by atoms with Crippen LogP contribution in [0.25, 0.3) is 0 Å². The van der Waals surface area contributed by atoms with Crippen LogP contribution in [0, 0.1) is 5.95 Å². The van der Waals surface area contributed by atoms with Crippen LogP contribution in [0.3, 0.4) is 0 Å². The highest BCUT2D eigenvalue weighted by Crippen LogP contribution is 2.28. The van der Waals surface area contributed by atoms with E-state index in [2.05, 4.69) is 10.3 Å². The fraction of sp³-hybridized carbons (Fsp3) is 0.250. The number of nitrogens with one attached hydrogen (secondary N) is 1. The second-order valence-electron chi connectivity index (χ2n) is 5.06. The monoisotopic (exact) mass is 385 g/mol. The van der Waals surface area contributed by atoms with Gasteiger partial charge in [-0.2, -0.15) is 8.70 Å². The molecule has 6 nitrogen and oxygen atoms in total. The molecule has 0 saturated heterocycles. The first-order chi connectivity index (χ1) is 11.8. The number of amides is 1. The number of rotatable bonds is 6. The van der Waals surface area contributed by atoms with Gasteiger partial charge in [-0.15, -0.1) is 0 Å². The van der Waals surface area contributed by atoms with Crippen molar-refractivity contribution in [3.05, 3.63) is 53.1 Å². The van der Waals surface area contributed by atoms with E-state index in [9.17, 15) is 17.6 Å². The molecule has 1 heterocycles. The summed E-state index contributed by atoms with van der Waals surface area (Å²) < 4.78 is 39.4. The highest BCUT2D eigenvalue weighted by atomic mass is 35.5. The van der Waals surface area contributed by atoms with E-state index in [4.69, 9.17) is 11.6 Å². The maximum Gasteiger partial charge on any atom is 0.257 e. The lowest BCUT2D eigenvalue weighted by molar-refractivity contribution is 0.102. The predicted molar refractivity (Wildman–Crippen MR) is 93.7 cm³/mol. The number of pyridine rings is 1. The van der Waals surface area contributed by atoms with Gasteiger partial charge in [0.1, 0.15) is 4.90 Å². The molecule has 0 unspecified atom stereocenters. The van der Waals surface area contributed by atoms with Crippen molar-refractivity contribution in [2.24, 2.45) is 0 Å². The molecule has 134 valence electrons. The summed E-state index contributed by atoms with van der Waals surface area (Å²) >= 11 is 6.04. The van der Waals surface area contributed by atoms with Crippen molar-refractivity contribution in [3.63, 3.8) is 0 Å². The molecule has 2 rings (SSSR count). The summed E-state index contributed by atoms with van der Waals surface area (Å²) in [5.74, 6) is -1.24. The Morgan fingerprint density at radius 2 is 1.92 bits per heavy atom. The smallest absolute Gasteiger partial charge is 0.257 e. The second-order valence-corrected chi connectivity index (χ2v) is 7.37. The molecule has 0 fully saturated rings. The molecule has 0 bridgehead atoms. The zero-order valence-electron chi connectivity index (χ0n) is 13.7. The van der Waals surface area contributed by atoms with E-state index in [-0.39, 0.29) is 21.2 Å². The second kappa shape index (κ2) is 7.90. The van der Waals surface area contributed by atoms with E-state index < -0.39 is 21.9 Å². The fourth-order valence-electron chi connectivity index (χ4n) is 2.19. The SMILES string of the molecule is CCN(CC)S(=O)(=O)c1cc(NC(=O)c2ccc(F)nc2)ccc1Cl. The molecule has 0 spiro atoms. The Morgan fingerprint density at radius 1 is 1.24 bits per heavy atom. The minimum Gasteiger partial charge on any atom is -0.322 e. The van der Waals surface area contributed by atoms with Crippen LogP contribution < -0.4 is 5.32 Å². The molecule has 25 heavy (non-hydrogen) atoms. The van der Waals surface area contributed by atoms with Gasteiger partial charge < -0.3 is 5.32 Å². The molecule has 0 radical (unpaired) electrons. The summed E-state index contributed by atoms with van der Waals surface area (Å²) in [4.78, 5) is 15.5. The van der Waals surface area contributed by atoms with Crippen molar-refractivity contribution in [1.82, 2.24) is 9.29 Å². The van der Waals surface area contributed by atoms with Gasteiger partial charge in [0.05, 0.1) is 10.6 Å². The summed E-state index contributed by atoms with van der Waals surface area (Å²) in [5, 5.41) is 2.61. The quantitative estimate of drug-likeness (QED) is 0.774. The lowest BCUT2D eigenvalue weighted by Crippen LogP contribution is -2.30. The van der Waals surface area contributed by atoms with Crippen LogP contribution in [0.2, 0.25) is 5.02 Å². The van der Waals surface area contributed by atoms with E-state index in [0.717, 1.165) is 12.3 Å². The predicted octanol–water partition coefficient (Wildman–Crippen LogP) is 3.16. The third-order valence-corrected chi connectivity index (χ3v) is 6.03. The number of nitrogens with zero attached hydrogens (tertiary/aromatic N) is 2. The molecular weight excluding hydrogens is 369 g/mol. The number of hydrogen-bond acceptors (Lipinski definition) is 4. The Kier molecular flexibility index (Phi) is 6.10. The van der Waals surface area contributed by atoms with Crippen molar-refractivity contribution in [2.45, 2.75) is 18.7 Å². The standard InChI is InChI=1S/C16H17ClFN3O3S/c1-3-21(4-2)25(23,24)14-9-12(6-7-13(14)17)20-16(22)11-5-8-15(18)19-10-11/h5-10H,3-4H2,1-2H3,(H,20,22). The summed E-state index contributed by atoms with van der Waals surface area (Å²) in [6, 6.07) is 6.52. The molecule has 0 aliphatic carbocycles. The van der Waals surface area contributed by atoms with Gasteiger partial charge in [-0.25, -0.2) is 13.4 Å². The Balaban J connectivity index is 2.33. The average Bonchev–Trinajstić information content (AvgIpc) is 2.57. The van der Waals surface area contributed by atoms with Gasteiger partial charge in [-0.1, -0.05) is 25.4 Å². The number of carbonyl (C=O) groups is 1. The van der Waals surface area contributed by atoms with Crippen LogP contribution in [0.1, 0.15) is 24.2 Å². The van der Waals surface area contributed by atoms with Crippen molar-refractivity contribution in [3.8, 4) is 0 Å². The maximum absolute atomic E-state index is 12.8. The number of hydrogen-bond donors (Lipinski definition) is 1. The third-order valence-electron chi connectivity index (χ3n) is 3.50. The molecule has 0 aliphatic heterocycles. The zero-order chi connectivity index (χ0) is 18.6. The van der Waals surface area contributed by atoms with Gasteiger partial charge in [-0.05, 0) is 30.3 Å². The number of sulfonamides is 1. The molecule has 9 heteroatoms. The van der Waals surface area contributed by atoms with E-state index in [0.29, 0.717) is 13.1 Å². The first-order valence-corrected chi connectivity index (χ1v) is 9.34. The number of halogens is 2. The van der Waals surface area contributed by atoms with Crippen molar-refractivity contribution >= 4 is 33.2 Å². The molecule has 0 aliphatic rings. The molecule has 1 N–H and O–H groups in total. The largest absolute Gasteiger partial charge is 0.322 e. The average molecular weight is 386 g/mol. The highest BCUT2D eigenvalue weighted by Gasteiger charge is 2.25. The minimum atomic E-state index is -3.77. The lowest BCUT2D eigenvalue weighted by atomic mass is 10.2. The van der Waals surface area contributed by atoms with Crippen LogP contribution in [0.5, 0.6) is 0 Å². The number of carbonyl (C=O) groups excluding carboxylic acids is 1. The van der Waals surface area contributed by atoms with Gasteiger partial charge in [-0.3, -0.25) is 4.79 Å². The van der Waals surface area contributed by atoms with Gasteiger partial charge >= 0.3 is 0 Å². The number of anilines is 1. The van der Waals surface area contributed by atoms with Crippen LogP contribution in [0.4, 0.5) is 10.1 Å². The third kappa shape index (κ3) is 4.33. The molecule has 2 aromatic rings. The van der Waals surface area contributed by atoms with Crippen molar-refractivity contribution in [2.75, 3.05) is 18.4 Å². The van der Waals surface area contributed by atoms with Gasteiger partial charge in [0.2, 0.25) is 16.0 Å². The van der Waals surface area contributed by atoms with E-state index in [1.807, 2.05) is 0 Å². The molecule has 1 aromatic heterocycles. The van der Waals surface area contributed by atoms with E-state index in [1.54, 1.807) is 13.8 Å². The summed E-state index contributed by atoms with van der Waals surface area (Å²) in [7, 11) is -3.77. The van der Waals surface area contributed by atoms with E-state index >= 15 is 0 Å². The first-order valence-electron chi connectivity index (χ1n) is 7.52. The topological polar surface area (TPSA) is 79.4 Å². The lowest BCUT2D eigenvalue weighted by Gasteiger charge is -2.19. The molecule has 1 amide bonds. The minimum absolute atomic E-state index is 0.0633. The van der Waals surface area contributed by atoms with E-state index in [1.165, 1.54) is 28.6 Å². The van der Waals surface area contributed by atoms with Crippen LogP contribution in [0.15, 0.2) is 41.4 Å². The van der Waals surface area contributed by atoms with Crippen molar-refractivity contribution in [1.29, 1.82) is 0 Å². The number of benzene rings is 1. The fourth-order valence-corrected chi connectivity index (χ4v) is 4.15. The highest BCUT2D eigenvalue weighted by molar-refractivity contribution is 7.89. The Hall–Kier alpha value is -2.03. The van der Waals surface area contributed by atoms with Gasteiger partial charge in [0, 0.05) is 25.0 Å². The normalized spacial score (nSPS) is 11.6. The molecule has 1 aromatic carbocycles. The molecule has 0 saturated carbocycles. The summed E-state index contributed by atoms with van der Waals surface area (Å²) in [6.07, 6.45) is 1.09. The number of aromatic nitrogens is 1. The first kappa shape index (κ1) is 19.3. The summed E-state index contributed by atoms with van der Waals surface area (Å²) in [5.41, 5.74) is 0.397. The Labute approximate surface area is 150 Å². The van der Waals surface area contributed by atoms with Gasteiger partial charge in [0.15, 0.2) is 0 Å². The molecular formula is C16H17ClFN3O3S. The maximum atomic E-state index is 12.8. The Bertz CT molecular complexity index is 869. The molecule has 0 atom stereocenters. The van der Waals surface area contributed by atoms with Crippen LogP contribution in [-0.4, -0.2) is 36.7 Å². The van der Waals surface area contributed by atoms with Crippen LogP contribution >= 0.6 is 11.6 Å². The zero-order valence-corrected chi connectivity index (χ0v) is 15.2. The van der Waals surface area contributed by atoms with Crippen molar-refractivity contribution < 1.29 is 17.6 Å². The van der Waals surface area contributed by atoms with Crippen LogP contribution in [-0.2, 0) is 10.0 Å². The Morgan fingerprint density at radius 3 is 2.48 bits per heavy atom. The van der Waals surface area contributed by atoms with Gasteiger partial charge in [0.25, 0.3) is 5.91 Å². The summed E-state index contributed by atoms with van der Waals surface area (Å²) in [6.45, 7) is 4.05.